The van der Waals surface area contributed by atoms with Crippen molar-refractivity contribution in [3.05, 3.63) is 82.4 Å². The lowest BCUT2D eigenvalue weighted by atomic mass is 10.1. The number of carbonyl (C=O) groups is 1. The van der Waals surface area contributed by atoms with E-state index in [1.54, 1.807) is 12.1 Å². The van der Waals surface area contributed by atoms with E-state index in [9.17, 15) is 26.4 Å². The Balaban J connectivity index is 1.62. The van der Waals surface area contributed by atoms with Crippen molar-refractivity contribution in [1.82, 2.24) is 0 Å². The van der Waals surface area contributed by atoms with Crippen molar-refractivity contribution in [1.29, 1.82) is 0 Å². The molecule has 6 nitrogen and oxygen atoms in total. The highest BCUT2D eigenvalue weighted by Crippen LogP contribution is 2.33. The van der Waals surface area contributed by atoms with Crippen LogP contribution in [0.3, 0.4) is 0 Å². The number of alkyl halides is 3. The number of amides is 1. The average molecular weight is 513 g/mol. The van der Waals surface area contributed by atoms with E-state index in [0.29, 0.717) is 5.69 Å². The number of hydrogen-bond acceptors (Lipinski definition) is 4. The van der Waals surface area contributed by atoms with Crippen LogP contribution in [-0.4, -0.2) is 20.9 Å². The van der Waals surface area contributed by atoms with E-state index in [1.165, 1.54) is 24.3 Å². The SMILES string of the molecule is Cc1cc(C)cc(NS(=O)(=O)c2ccc(OCC(=O)Nc3cc(C(F)(F)F)ccc3Cl)cc2)c1. The number of ether oxygens (including phenoxy) is 1. The predicted molar refractivity (Wildman–Crippen MR) is 124 cm³/mol. The van der Waals surface area contributed by atoms with Gasteiger partial charge in [-0.2, -0.15) is 13.2 Å². The molecule has 3 rings (SSSR count). The van der Waals surface area contributed by atoms with Crippen molar-refractivity contribution in [3.63, 3.8) is 0 Å². The Labute approximate surface area is 199 Å². The van der Waals surface area contributed by atoms with Gasteiger partial charge in [-0.3, -0.25) is 9.52 Å². The van der Waals surface area contributed by atoms with Gasteiger partial charge in [0.15, 0.2) is 6.61 Å². The van der Waals surface area contributed by atoms with E-state index in [0.717, 1.165) is 29.3 Å². The zero-order valence-electron chi connectivity index (χ0n) is 18.0. The molecule has 0 saturated carbocycles. The lowest BCUT2D eigenvalue weighted by molar-refractivity contribution is -0.137. The van der Waals surface area contributed by atoms with Gasteiger partial charge in [-0.15, -0.1) is 0 Å². The molecule has 3 aromatic rings. The molecular formula is C23H20ClF3N2O4S. The van der Waals surface area contributed by atoms with Crippen molar-refractivity contribution in [2.24, 2.45) is 0 Å². The van der Waals surface area contributed by atoms with Gasteiger partial charge in [0.1, 0.15) is 5.75 Å². The van der Waals surface area contributed by atoms with Crippen LogP contribution in [0.5, 0.6) is 5.75 Å². The van der Waals surface area contributed by atoms with Crippen LogP contribution in [0.25, 0.3) is 0 Å². The molecular weight excluding hydrogens is 493 g/mol. The fourth-order valence-corrected chi connectivity index (χ4v) is 4.30. The first-order valence-corrected chi connectivity index (χ1v) is 11.7. The summed E-state index contributed by atoms with van der Waals surface area (Å²) in [6.45, 7) is 3.18. The van der Waals surface area contributed by atoms with Crippen LogP contribution >= 0.6 is 11.6 Å². The molecule has 0 atom stereocenters. The number of rotatable bonds is 7. The summed E-state index contributed by atoms with van der Waals surface area (Å²) in [6, 6.07) is 13.2. The highest BCUT2D eigenvalue weighted by Gasteiger charge is 2.31. The van der Waals surface area contributed by atoms with E-state index in [1.807, 2.05) is 19.9 Å². The number of hydrogen-bond donors (Lipinski definition) is 2. The maximum atomic E-state index is 12.9. The number of halogens is 4. The molecule has 0 saturated heterocycles. The monoisotopic (exact) mass is 512 g/mol. The molecule has 0 aliphatic rings. The summed E-state index contributed by atoms with van der Waals surface area (Å²) in [6.07, 6.45) is -4.59. The molecule has 0 spiro atoms. The fraction of sp³-hybridized carbons (Fsp3) is 0.174. The summed E-state index contributed by atoms with van der Waals surface area (Å²) in [5, 5.41) is 2.20. The van der Waals surface area contributed by atoms with Crippen LogP contribution in [0.4, 0.5) is 24.5 Å². The zero-order chi connectivity index (χ0) is 25.1. The highest BCUT2D eigenvalue weighted by atomic mass is 35.5. The number of carbonyl (C=O) groups excluding carboxylic acids is 1. The third-order valence-corrected chi connectivity index (χ3v) is 6.27. The minimum absolute atomic E-state index is 0.0146. The Kier molecular flexibility index (Phi) is 7.42. The lowest BCUT2D eigenvalue weighted by Crippen LogP contribution is -2.21. The lowest BCUT2D eigenvalue weighted by Gasteiger charge is -2.12. The van der Waals surface area contributed by atoms with E-state index < -0.39 is 34.3 Å². The molecule has 0 heterocycles. The molecule has 0 radical (unpaired) electrons. The smallest absolute Gasteiger partial charge is 0.416 e. The predicted octanol–water partition coefficient (Wildman–Crippen LogP) is 5.79. The van der Waals surface area contributed by atoms with Crippen molar-refractivity contribution < 1.29 is 31.1 Å². The molecule has 1 amide bonds. The summed E-state index contributed by atoms with van der Waals surface area (Å²) in [7, 11) is -3.85. The van der Waals surface area contributed by atoms with Crippen molar-refractivity contribution in [2.45, 2.75) is 24.9 Å². The highest BCUT2D eigenvalue weighted by molar-refractivity contribution is 7.92. The van der Waals surface area contributed by atoms with Crippen LogP contribution < -0.4 is 14.8 Å². The molecule has 34 heavy (non-hydrogen) atoms. The van der Waals surface area contributed by atoms with Crippen LogP contribution in [-0.2, 0) is 21.0 Å². The zero-order valence-corrected chi connectivity index (χ0v) is 19.6. The van der Waals surface area contributed by atoms with Crippen molar-refractivity contribution >= 4 is 38.9 Å². The van der Waals surface area contributed by atoms with Crippen LogP contribution in [0.15, 0.2) is 65.6 Å². The second-order valence-electron chi connectivity index (χ2n) is 7.48. The fourth-order valence-electron chi connectivity index (χ4n) is 3.10. The van der Waals surface area contributed by atoms with E-state index in [-0.39, 0.29) is 21.4 Å². The second-order valence-corrected chi connectivity index (χ2v) is 9.57. The van der Waals surface area contributed by atoms with Gasteiger partial charge in [-0.05, 0) is 79.6 Å². The van der Waals surface area contributed by atoms with Gasteiger partial charge in [0.2, 0.25) is 0 Å². The minimum atomic E-state index is -4.59. The Morgan fingerprint density at radius 1 is 0.971 bits per heavy atom. The standard InChI is InChI=1S/C23H20ClF3N2O4S/c1-14-9-15(2)11-17(10-14)29-34(31,32)19-6-4-18(5-7-19)33-13-22(30)28-21-12-16(23(25,26)27)3-8-20(21)24/h3-12,29H,13H2,1-2H3,(H,28,30). The molecule has 180 valence electrons. The average Bonchev–Trinajstić information content (AvgIpc) is 2.72. The van der Waals surface area contributed by atoms with Crippen LogP contribution in [0.2, 0.25) is 5.02 Å². The van der Waals surface area contributed by atoms with Crippen molar-refractivity contribution in [2.75, 3.05) is 16.6 Å². The number of anilines is 2. The molecule has 3 aromatic carbocycles. The first kappa shape index (κ1) is 25.4. The van der Waals surface area contributed by atoms with Gasteiger partial charge in [0, 0.05) is 5.69 Å². The van der Waals surface area contributed by atoms with Gasteiger partial charge < -0.3 is 10.1 Å². The Hall–Kier alpha value is -3.24. The number of aryl methyl sites for hydroxylation is 2. The molecule has 0 bridgehead atoms. The molecule has 0 aromatic heterocycles. The summed E-state index contributed by atoms with van der Waals surface area (Å²) < 4.78 is 71.6. The summed E-state index contributed by atoms with van der Waals surface area (Å²) in [5.41, 5.74) is 1.09. The Morgan fingerprint density at radius 2 is 1.59 bits per heavy atom. The quantitative estimate of drug-likeness (QED) is 0.419. The van der Waals surface area contributed by atoms with Gasteiger partial charge >= 0.3 is 6.18 Å². The molecule has 0 aliphatic carbocycles. The summed E-state index contributed by atoms with van der Waals surface area (Å²) in [5.74, 6) is -0.551. The van der Waals surface area contributed by atoms with Gasteiger partial charge in [0.25, 0.3) is 15.9 Å². The van der Waals surface area contributed by atoms with E-state index >= 15 is 0 Å². The topological polar surface area (TPSA) is 84.5 Å². The van der Waals surface area contributed by atoms with Crippen LogP contribution in [0.1, 0.15) is 16.7 Å². The number of benzene rings is 3. The van der Waals surface area contributed by atoms with Crippen molar-refractivity contribution in [3.8, 4) is 5.75 Å². The first-order valence-electron chi connectivity index (χ1n) is 9.84. The maximum absolute atomic E-state index is 12.9. The minimum Gasteiger partial charge on any atom is -0.484 e. The largest absolute Gasteiger partial charge is 0.484 e. The Morgan fingerprint density at radius 3 is 2.18 bits per heavy atom. The Bertz CT molecular complexity index is 1290. The molecule has 11 heteroatoms. The summed E-state index contributed by atoms with van der Waals surface area (Å²) >= 11 is 5.86. The molecule has 0 fully saturated rings. The third kappa shape index (κ3) is 6.64. The second kappa shape index (κ2) is 9.94. The van der Waals surface area contributed by atoms with Gasteiger partial charge in [-0.25, -0.2) is 8.42 Å². The third-order valence-electron chi connectivity index (χ3n) is 4.55. The maximum Gasteiger partial charge on any atom is 0.416 e. The van der Waals surface area contributed by atoms with Gasteiger partial charge in [0.05, 0.1) is 21.2 Å². The van der Waals surface area contributed by atoms with Gasteiger partial charge in [-0.1, -0.05) is 17.7 Å². The van der Waals surface area contributed by atoms with E-state index in [4.69, 9.17) is 16.3 Å². The molecule has 0 unspecified atom stereocenters. The molecule has 0 aliphatic heterocycles. The summed E-state index contributed by atoms with van der Waals surface area (Å²) in [4.78, 5) is 12.1. The van der Waals surface area contributed by atoms with Crippen LogP contribution in [0, 0.1) is 13.8 Å². The number of sulfonamides is 1. The molecule has 2 N–H and O–H groups in total. The normalized spacial score (nSPS) is 11.7. The first-order chi connectivity index (χ1) is 15.8. The van der Waals surface area contributed by atoms with E-state index in [2.05, 4.69) is 10.0 Å². The number of nitrogens with one attached hydrogen (secondary N) is 2.